The average molecular weight is 366 g/mol. The van der Waals surface area contributed by atoms with E-state index in [0.29, 0.717) is 39.3 Å². The summed E-state index contributed by atoms with van der Waals surface area (Å²) in [4.78, 5) is 3.88. The number of hydrogen-bond donors (Lipinski definition) is 6. The fraction of sp³-hybridized carbons (Fsp3) is 1.00. The lowest BCUT2D eigenvalue weighted by Crippen LogP contribution is -2.59. The van der Waals surface area contributed by atoms with Crippen molar-refractivity contribution in [3.63, 3.8) is 0 Å². The van der Waals surface area contributed by atoms with Crippen molar-refractivity contribution in [3.8, 4) is 0 Å². The van der Waals surface area contributed by atoms with E-state index in [1.54, 1.807) is 34.6 Å². The summed E-state index contributed by atoms with van der Waals surface area (Å²) >= 11 is 0. The molecule has 5 unspecified atom stereocenters. The molecule has 0 heterocycles. The van der Waals surface area contributed by atoms with Crippen LogP contribution >= 0.6 is 0 Å². The quantitative estimate of drug-likeness (QED) is 0.204. The monoisotopic (exact) mass is 365 g/mol. The van der Waals surface area contributed by atoms with Crippen molar-refractivity contribution in [2.75, 3.05) is 39.3 Å². The number of nitrogens with zero attached hydrogens (tertiary/aromatic N) is 2. The zero-order valence-corrected chi connectivity index (χ0v) is 16.3. The molecule has 5 atom stereocenters. The molecule has 25 heavy (non-hydrogen) atoms. The zero-order chi connectivity index (χ0) is 19.6. The first kappa shape index (κ1) is 24.7. The second-order valence-corrected chi connectivity index (χ2v) is 7.29. The number of rotatable bonds is 14. The van der Waals surface area contributed by atoms with Gasteiger partial charge in [-0.05, 0) is 34.6 Å². The van der Waals surface area contributed by atoms with Gasteiger partial charge in [0.05, 0.1) is 36.7 Å². The molecule has 0 amide bonds. The summed E-state index contributed by atoms with van der Waals surface area (Å²) in [5.41, 5.74) is 0. The van der Waals surface area contributed by atoms with Crippen molar-refractivity contribution in [2.24, 2.45) is 0 Å². The molecule has 0 aliphatic heterocycles. The molecule has 8 heteroatoms. The van der Waals surface area contributed by atoms with E-state index in [1.165, 1.54) is 0 Å². The smallest absolute Gasteiger partial charge is 0.0754 e. The van der Waals surface area contributed by atoms with Crippen LogP contribution in [0.4, 0.5) is 0 Å². The van der Waals surface area contributed by atoms with Gasteiger partial charge in [0.15, 0.2) is 0 Å². The van der Waals surface area contributed by atoms with Gasteiger partial charge in [-0.2, -0.15) is 0 Å². The Balaban J connectivity index is 5.38. The van der Waals surface area contributed by atoms with Crippen LogP contribution in [-0.4, -0.2) is 111 Å². The molecule has 0 aliphatic carbocycles. The van der Waals surface area contributed by atoms with Crippen LogP contribution in [0.15, 0.2) is 0 Å². The average Bonchev–Trinajstić information content (AvgIpc) is 2.39. The minimum atomic E-state index is -0.585. The molecule has 8 nitrogen and oxygen atoms in total. The molecule has 0 radical (unpaired) electrons. The summed E-state index contributed by atoms with van der Waals surface area (Å²) in [6.45, 7) is 10.7. The van der Waals surface area contributed by atoms with Crippen molar-refractivity contribution in [1.29, 1.82) is 0 Å². The molecular weight excluding hydrogens is 326 g/mol. The van der Waals surface area contributed by atoms with Gasteiger partial charge in [-0.1, -0.05) is 0 Å². The molecule has 0 rings (SSSR count). The Kier molecular flexibility index (Phi) is 12.8. The maximum atomic E-state index is 9.84. The molecule has 0 aromatic rings. The fourth-order valence-electron chi connectivity index (χ4n) is 2.90. The minimum Gasteiger partial charge on any atom is -0.392 e. The lowest BCUT2D eigenvalue weighted by molar-refractivity contribution is -0.0376. The van der Waals surface area contributed by atoms with Gasteiger partial charge in [-0.15, -0.1) is 0 Å². The summed E-state index contributed by atoms with van der Waals surface area (Å²) in [6.07, 6.45) is -3.09. The van der Waals surface area contributed by atoms with E-state index < -0.39 is 30.5 Å². The third kappa shape index (κ3) is 12.6. The van der Waals surface area contributed by atoms with Crippen LogP contribution in [-0.2, 0) is 0 Å². The molecular formula is C17H39N3O5. The fourth-order valence-corrected chi connectivity index (χ4v) is 2.90. The Bertz CT molecular complexity index is 283. The van der Waals surface area contributed by atoms with Gasteiger partial charge < -0.3 is 30.8 Å². The Hall–Kier alpha value is -0.320. The second-order valence-electron chi connectivity index (χ2n) is 7.29. The van der Waals surface area contributed by atoms with Gasteiger partial charge in [-0.3, -0.25) is 9.80 Å². The molecule has 0 fully saturated rings. The molecule has 0 saturated heterocycles. The predicted molar refractivity (Wildman–Crippen MR) is 98.2 cm³/mol. The summed E-state index contributed by atoms with van der Waals surface area (Å²) in [5, 5.41) is 52.0. The van der Waals surface area contributed by atoms with Gasteiger partial charge >= 0.3 is 0 Å². The van der Waals surface area contributed by atoms with E-state index in [-0.39, 0.29) is 6.17 Å². The highest BCUT2D eigenvalue weighted by Crippen LogP contribution is 2.11. The SMILES string of the molecule is CC(O)CNCC(N(CC(C)O)CC(C)O)N(CC(C)O)CC(C)O. The van der Waals surface area contributed by atoms with Crippen molar-refractivity contribution >= 4 is 0 Å². The van der Waals surface area contributed by atoms with Crippen LogP contribution in [0.1, 0.15) is 34.6 Å². The van der Waals surface area contributed by atoms with Gasteiger partial charge in [0, 0.05) is 39.3 Å². The Labute approximate surface area is 152 Å². The molecule has 0 saturated carbocycles. The molecule has 0 aromatic heterocycles. The van der Waals surface area contributed by atoms with Crippen LogP contribution in [0.5, 0.6) is 0 Å². The molecule has 6 N–H and O–H groups in total. The standard InChI is InChI=1S/C17H39N3O5/c1-12(21)6-18-7-17(19(8-13(2)22)9-14(3)23)20(10-15(4)24)11-16(5)25/h12-18,21-25H,6-11H2,1-5H3. The van der Waals surface area contributed by atoms with Crippen LogP contribution in [0.25, 0.3) is 0 Å². The van der Waals surface area contributed by atoms with Gasteiger partial charge in [0.1, 0.15) is 0 Å². The Morgan fingerprint density at radius 1 is 0.560 bits per heavy atom. The summed E-state index contributed by atoms with van der Waals surface area (Å²) < 4.78 is 0. The first-order valence-corrected chi connectivity index (χ1v) is 9.12. The Morgan fingerprint density at radius 2 is 0.880 bits per heavy atom. The van der Waals surface area contributed by atoms with E-state index in [4.69, 9.17) is 0 Å². The molecule has 0 spiro atoms. The van der Waals surface area contributed by atoms with E-state index in [2.05, 4.69) is 5.32 Å². The third-order valence-corrected chi connectivity index (χ3v) is 3.60. The van der Waals surface area contributed by atoms with Crippen molar-refractivity contribution in [2.45, 2.75) is 71.3 Å². The normalized spacial score (nSPS) is 19.7. The predicted octanol–water partition coefficient (Wildman–Crippen LogP) is -1.59. The van der Waals surface area contributed by atoms with Gasteiger partial charge in [-0.25, -0.2) is 0 Å². The topological polar surface area (TPSA) is 120 Å². The molecule has 0 aliphatic rings. The van der Waals surface area contributed by atoms with E-state index in [0.717, 1.165) is 0 Å². The third-order valence-electron chi connectivity index (χ3n) is 3.60. The molecule has 152 valence electrons. The summed E-state index contributed by atoms with van der Waals surface area (Å²) in [7, 11) is 0. The van der Waals surface area contributed by atoms with Crippen LogP contribution in [0.2, 0.25) is 0 Å². The van der Waals surface area contributed by atoms with Crippen molar-refractivity contribution < 1.29 is 25.5 Å². The number of aliphatic hydroxyl groups is 5. The highest BCUT2D eigenvalue weighted by molar-refractivity contribution is 4.81. The highest BCUT2D eigenvalue weighted by atomic mass is 16.3. The largest absolute Gasteiger partial charge is 0.392 e. The second kappa shape index (κ2) is 12.9. The highest BCUT2D eigenvalue weighted by Gasteiger charge is 2.28. The van der Waals surface area contributed by atoms with Crippen LogP contribution in [0.3, 0.4) is 0 Å². The zero-order valence-electron chi connectivity index (χ0n) is 16.3. The number of aliphatic hydroxyl groups excluding tert-OH is 5. The molecule has 0 bridgehead atoms. The summed E-state index contributed by atoms with van der Waals surface area (Å²) in [5.74, 6) is 0. The molecule has 0 aromatic carbocycles. The minimum absolute atomic E-state index is 0.257. The lowest BCUT2D eigenvalue weighted by atomic mass is 10.2. The Morgan fingerprint density at radius 3 is 1.12 bits per heavy atom. The van der Waals surface area contributed by atoms with Crippen molar-refractivity contribution in [1.82, 2.24) is 15.1 Å². The maximum Gasteiger partial charge on any atom is 0.0754 e. The summed E-state index contributed by atoms with van der Waals surface area (Å²) in [6, 6.07) is 0. The number of nitrogens with one attached hydrogen (secondary N) is 1. The van der Waals surface area contributed by atoms with Crippen molar-refractivity contribution in [3.05, 3.63) is 0 Å². The number of hydrogen-bond acceptors (Lipinski definition) is 8. The maximum absolute atomic E-state index is 9.84. The van der Waals surface area contributed by atoms with Crippen LogP contribution in [0, 0.1) is 0 Å². The van der Waals surface area contributed by atoms with Crippen LogP contribution < -0.4 is 5.32 Å². The van der Waals surface area contributed by atoms with E-state index >= 15 is 0 Å². The first-order chi connectivity index (χ1) is 11.5. The lowest BCUT2D eigenvalue weighted by Gasteiger charge is -2.42. The van der Waals surface area contributed by atoms with E-state index in [1.807, 2.05) is 9.80 Å². The first-order valence-electron chi connectivity index (χ1n) is 9.12. The van der Waals surface area contributed by atoms with Gasteiger partial charge in [0.2, 0.25) is 0 Å². The van der Waals surface area contributed by atoms with Gasteiger partial charge in [0.25, 0.3) is 0 Å². The van der Waals surface area contributed by atoms with E-state index in [9.17, 15) is 25.5 Å².